The van der Waals surface area contributed by atoms with Crippen LogP contribution in [0.15, 0.2) is 47.4 Å². The number of nitrogens with one attached hydrogen (secondary N) is 1. The van der Waals surface area contributed by atoms with E-state index < -0.39 is 15.8 Å². The molecular weight excluding hydrogens is 453 g/mol. The molecule has 0 saturated carbocycles. The fourth-order valence-corrected chi connectivity index (χ4v) is 5.23. The third-order valence-electron chi connectivity index (χ3n) is 5.78. The Kier molecular flexibility index (Phi) is 8.14. The molecule has 0 spiro atoms. The van der Waals surface area contributed by atoms with E-state index in [4.69, 9.17) is 11.6 Å². The molecule has 1 heterocycles. The molecule has 0 radical (unpaired) electrons. The maximum atomic E-state index is 13.0. The molecule has 1 fully saturated rings. The van der Waals surface area contributed by atoms with Gasteiger partial charge in [0.25, 0.3) is 0 Å². The van der Waals surface area contributed by atoms with Crippen LogP contribution in [-0.4, -0.2) is 51.9 Å². The number of nitrogens with zero attached hydrogens (tertiary/aromatic N) is 2. The first-order chi connectivity index (χ1) is 15.2. The molecule has 1 saturated heterocycles. The minimum atomic E-state index is -3.70. The summed E-state index contributed by atoms with van der Waals surface area (Å²) in [6.07, 6.45) is 1.64. The maximum Gasteiger partial charge on any atom is 0.242 e. The number of hydrogen-bond acceptors (Lipinski definition) is 4. The third-order valence-corrected chi connectivity index (χ3v) is 7.89. The van der Waals surface area contributed by atoms with E-state index in [1.54, 1.807) is 0 Å². The van der Waals surface area contributed by atoms with Gasteiger partial charge in [0.1, 0.15) is 5.82 Å². The fourth-order valence-electron chi connectivity index (χ4n) is 3.86. The minimum Gasteiger partial charge on any atom is -0.371 e. The zero-order valence-corrected chi connectivity index (χ0v) is 19.9. The largest absolute Gasteiger partial charge is 0.371 e. The van der Waals surface area contributed by atoms with Crippen LogP contribution in [0.2, 0.25) is 5.02 Å². The number of carbonyl (C=O) groups is 1. The van der Waals surface area contributed by atoms with Gasteiger partial charge in [-0.15, -0.1) is 0 Å². The van der Waals surface area contributed by atoms with Gasteiger partial charge >= 0.3 is 0 Å². The van der Waals surface area contributed by atoms with Gasteiger partial charge in [0.2, 0.25) is 15.9 Å². The second kappa shape index (κ2) is 10.6. The molecule has 0 bridgehead atoms. The Hall–Kier alpha value is -2.16. The molecule has 6 nitrogen and oxygen atoms in total. The molecule has 1 aliphatic heterocycles. The van der Waals surface area contributed by atoms with Crippen molar-refractivity contribution in [2.45, 2.75) is 31.1 Å². The van der Waals surface area contributed by atoms with Crippen molar-refractivity contribution in [1.29, 1.82) is 0 Å². The number of amides is 1. The van der Waals surface area contributed by atoms with Crippen LogP contribution >= 0.6 is 11.6 Å². The van der Waals surface area contributed by atoms with E-state index in [1.165, 1.54) is 29.0 Å². The highest BCUT2D eigenvalue weighted by Crippen LogP contribution is 2.29. The summed E-state index contributed by atoms with van der Waals surface area (Å²) in [5.74, 6) is -0.217. The van der Waals surface area contributed by atoms with Crippen molar-refractivity contribution in [2.24, 2.45) is 5.92 Å². The van der Waals surface area contributed by atoms with Crippen molar-refractivity contribution in [3.8, 4) is 0 Å². The standard InChI is InChI=1S/C23H29ClFN3O3S/c1-17-5-6-19(24)14-22(17)28-13-11-18(16-28)15-26-23(29)4-3-12-27(2)32(30,31)21-9-7-20(25)8-10-21/h5-10,14,18H,3-4,11-13,15-16H2,1-2H3,(H,26,29)/t18-/m1/s1. The second-order valence-electron chi connectivity index (χ2n) is 8.22. The fraction of sp³-hybridized carbons (Fsp3) is 0.435. The molecular formula is C23H29ClFN3O3S. The molecule has 0 unspecified atom stereocenters. The monoisotopic (exact) mass is 481 g/mol. The number of halogens is 2. The molecule has 9 heteroatoms. The molecule has 2 aromatic carbocycles. The topological polar surface area (TPSA) is 69.7 Å². The van der Waals surface area contributed by atoms with Crippen molar-refractivity contribution in [3.63, 3.8) is 0 Å². The van der Waals surface area contributed by atoms with Crippen molar-refractivity contribution < 1.29 is 17.6 Å². The summed E-state index contributed by atoms with van der Waals surface area (Å²) in [6.45, 7) is 4.65. The molecule has 1 aliphatic rings. The zero-order chi connectivity index (χ0) is 23.3. The smallest absolute Gasteiger partial charge is 0.242 e. The Balaban J connectivity index is 1.40. The highest BCUT2D eigenvalue weighted by molar-refractivity contribution is 7.89. The predicted octanol–water partition coefficient (Wildman–Crippen LogP) is 3.83. The Morgan fingerprint density at radius 3 is 2.69 bits per heavy atom. The Labute approximate surface area is 194 Å². The van der Waals surface area contributed by atoms with E-state index in [9.17, 15) is 17.6 Å². The van der Waals surface area contributed by atoms with Crippen LogP contribution in [0.3, 0.4) is 0 Å². The molecule has 1 amide bonds. The van der Waals surface area contributed by atoms with E-state index in [1.807, 2.05) is 18.2 Å². The van der Waals surface area contributed by atoms with Crippen LogP contribution in [0.5, 0.6) is 0 Å². The van der Waals surface area contributed by atoms with Gasteiger partial charge in [-0.25, -0.2) is 17.1 Å². The first kappa shape index (κ1) is 24.5. The van der Waals surface area contributed by atoms with E-state index in [2.05, 4.69) is 17.1 Å². The van der Waals surface area contributed by atoms with Gasteiger partial charge in [-0.3, -0.25) is 4.79 Å². The second-order valence-corrected chi connectivity index (χ2v) is 10.7. The average molecular weight is 482 g/mol. The predicted molar refractivity (Wildman–Crippen MR) is 125 cm³/mol. The summed E-state index contributed by atoms with van der Waals surface area (Å²) in [4.78, 5) is 14.6. The van der Waals surface area contributed by atoms with Gasteiger partial charge in [0.15, 0.2) is 0 Å². The van der Waals surface area contributed by atoms with E-state index in [0.717, 1.165) is 37.3 Å². The summed E-state index contributed by atoms with van der Waals surface area (Å²) in [5.41, 5.74) is 2.32. The van der Waals surface area contributed by atoms with Crippen LogP contribution in [0.25, 0.3) is 0 Å². The molecule has 32 heavy (non-hydrogen) atoms. The van der Waals surface area contributed by atoms with Gasteiger partial charge in [-0.1, -0.05) is 17.7 Å². The molecule has 2 aromatic rings. The van der Waals surface area contributed by atoms with Crippen molar-refractivity contribution in [2.75, 3.05) is 38.1 Å². The van der Waals surface area contributed by atoms with Crippen LogP contribution in [0.1, 0.15) is 24.8 Å². The van der Waals surface area contributed by atoms with Gasteiger partial charge < -0.3 is 10.2 Å². The zero-order valence-electron chi connectivity index (χ0n) is 18.4. The number of anilines is 1. The lowest BCUT2D eigenvalue weighted by Crippen LogP contribution is -2.32. The van der Waals surface area contributed by atoms with Crippen molar-refractivity contribution in [3.05, 3.63) is 58.9 Å². The normalized spacial score (nSPS) is 16.5. The van der Waals surface area contributed by atoms with Crippen molar-refractivity contribution >= 4 is 33.2 Å². The first-order valence-electron chi connectivity index (χ1n) is 10.7. The number of benzene rings is 2. The number of aryl methyl sites for hydroxylation is 1. The molecule has 1 N–H and O–H groups in total. The van der Waals surface area contributed by atoms with Crippen LogP contribution < -0.4 is 10.2 Å². The van der Waals surface area contributed by atoms with Gasteiger partial charge in [-0.2, -0.15) is 0 Å². The number of rotatable bonds is 9. The maximum absolute atomic E-state index is 13.0. The van der Waals surface area contributed by atoms with Gasteiger partial charge in [0, 0.05) is 50.4 Å². The summed E-state index contributed by atoms with van der Waals surface area (Å²) in [7, 11) is -2.24. The minimum absolute atomic E-state index is 0.0339. The van der Waals surface area contributed by atoms with Gasteiger partial charge in [0.05, 0.1) is 4.90 Å². The molecule has 1 atom stereocenters. The average Bonchev–Trinajstić information content (AvgIpc) is 3.23. The number of carbonyl (C=O) groups excluding carboxylic acids is 1. The lowest BCUT2D eigenvalue weighted by atomic mass is 10.1. The third kappa shape index (κ3) is 6.21. The summed E-state index contributed by atoms with van der Waals surface area (Å²) >= 11 is 6.13. The number of sulfonamides is 1. The lowest BCUT2D eigenvalue weighted by molar-refractivity contribution is -0.121. The Morgan fingerprint density at radius 2 is 1.97 bits per heavy atom. The first-order valence-corrected chi connectivity index (χ1v) is 12.5. The highest BCUT2D eigenvalue weighted by Gasteiger charge is 2.24. The Bertz CT molecular complexity index is 1050. The van der Waals surface area contributed by atoms with E-state index in [0.29, 0.717) is 23.9 Å². The van der Waals surface area contributed by atoms with E-state index in [-0.39, 0.29) is 23.8 Å². The summed E-state index contributed by atoms with van der Waals surface area (Å²) in [5, 5.41) is 3.69. The number of hydrogen-bond donors (Lipinski definition) is 1. The molecule has 3 rings (SSSR count). The quantitative estimate of drug-likeness (QED) is 0.591. The van der Waals surface area contributed by atoms with Gasteiger partial charge in [-0.05, 0) is 67.6 Å². The summed E-state index contributed by atoms with van der Waals surface area (Å²) < 4.78 is 39.2. The van der Waals surface area contributed by atoms with Crippen LogP contribution in [0, 0.1) is 18.7 Å². The molecule has 174 valence electrons. The van der Waals surface area contributed by atoms with E-state index >= 15 is 0 Å². The van der Waals surface area contributed by atoms with Crippen LogP contribution in [0.4, 0.5) is 10.1 Å². The summed E-state index contributed by atoms with van der Waals surface area (Å²) in [6, 6.07) is 10.6. The lowest BCUT2D eigenvalue weighted by Gasteiger charge is -2.21. The molecule has 0 aliphatic carbocycles. The Morgan fingerprint density at radius 1 is 1.25 bits per heavy atom. The van der Waals surface area contributed by atoms with Crippen LogP contribution in [-0.2, 0) is 14.8 Å². The highest BCUT2D eigenvalue weighted by atomic mass is 35.5. The SMILES string of the molecule is Cc1ccc(Cl)cc1N1CC[C@H](CNC(=O)CCCN(C)S(=O)(=O)c2ccc(F)cc2)C1. The molecule has 0 aromatic heterocycles. The van der Waals surface area contributed by atoms with Crippen molar-refractivity contribution in [1.82, 2.24) is 9.62 Å².